The first-order valence-corrected chi connectivity index (χ1v) is 12.3. The average molecular weight is 487 g/mol. The van der Waals surface area contributed by atoms with Gasteiger partial charge in [0, 0.05) is 6.42 Å². The molecule has 2 aromatic rings. The number of ether oxygens (including phenoxy) is 4. The number of benzene rings is 2. The van der Waals surface area contributed by atoms with Crippen LogP contribution in [0.5, 0.6) is 23.0 Å². The van der Waals surface area contributed by atoms with Crippen LogP contribution in [0.3, 0.4) is 0 Å². The van der Waals surface area contributed by atoms with Crippen LogP contribution in [-0.4, -0.2) is 72.9 Å². The van der Waals surface area contributed by atoms with Gasteiger partial charge in [-0.05, 0) is 105 Å². The van der Waals surface area contributed by atoms with Crippen molar-refractivity contribution in [3.8, 4) is 23.0 Å². The molecule has 194 valence electrons. The summed E-state index contributed by atoms with van der Waals surface area (Å²) in [4.78, 5) is 13.2. The van der Waals surface area contributed by atoms with E-state index in [0.29, 0.717) is 17.9 Å². The minimum Gasteiger partial charge on any atom is -0.493 e. The molecule has 0 saturated carbocycles. The van der Waals surface area contributed by atoms with E-state index in [1.54, 1.807) is 28.4 Å². The highest BCUT2D eigenvalue weighted by atomic mass is 16.5. The van der Waals surface area contributed by atoms with Gasteiger partial charge >= 0.3 is 0 Å². The molecule has 0 spiro atoms. The Bertz CT molecular complexity index is 901. The number of nitrogens with zero attached hydrogens (tertiary/aromatic N) is 1. The lowest BCUT2D eigenvalue weighted by Crippen LogP contribution is -2.25. The normalized spacial score (nSPS) is 11.6. The monoisotopic (exact) mass is 486 g/mol. The molecule has 0 unspecified atom stereocenters. The number of hydrogen-bond donors (Lipinski definition) is 1. The van der Waals surface area contributed by atoms with Gasteiger partial charge in [0.15, 0.2) is 23.0 Å². The van der Waals surface area contributed by atoms with E-state index in [4.69, 9.17) is 18.9 Å². The van der Waals surface area contributed by atoms with E-state index in [0.717, 1.165) is 67.9 Å². The first-order valence-electron chi connectivity index (χ1n) is 12.3. The van der Waals surface area contributed by atoms with E-state index in [2.05, 4.69) is 36.3 Å². The largest absolute Gasteiger partial charge is 0.493 e. The Morgan fingerprint density at radius 3 is 1.80 bits per heavy atom. The first kappa shape index (κ1) is 28.5. The number of aldehydes is 1. The molecule has 35 heavy (non-hydrogen) atoms. The van der Waals surface area contributed by atoms with Gasteiger partial charge in [-0.15, -0.1) is 0 Å². The number of carbonyl (C=O) groups is 1. The molecule has 0 atom stereocenters. The number of nitrogens with one attached hydrogen (secondary N) is 1. The minimum atomic E-state index is 0.400. The molecule has 1 N–H and O–H groups in total. The predicted molar refractivity (Wildman–Crippen MR) is 141 cm³/mol. The van der Waals surface area contributed by atoms with Crippen molar-refractivity contribution in [2.45, 2.75) is 39.0 Å². The summed E-state index contributed by atoms with van der Waals surface area (Å²) in [6.45, 7) is 6.24. The van der Waals surface area contributed by atoms with E-state index < -0.39 is 0 Å². The molecule has 7 heteroatoms. The van der Waals surface area contributed by atoms with E-state index in [-0.39, 0.29) is 0 Å². The molecule has 0 amide bonds. The number of hydrogen-bond acceptors (Lipinski definition) is 7. The molecule has 0 aromatic heterocycles. The number of aryl methyl sites for hydroxylation is 2. The van der Waals surface area contributed by atoms with Gasteiger partial charge in [-0.3, -0.25) is 0 Å². The maximum Gasteiger partial charge on any atom is 0.161 e. The number of fused-ring (bicyclic) bond motifs is 1. The molecule has 3 rings (SSSR count). The van der Waals surface area contributed by atoms with Crippen LogP contribution in [-0.2, 0) is 30.5 Å². The highest BCUT2D eigenvalue weighted by Crippen LogP contribution is 2.35. The van der Waals surface area contributed by atoms with Gasteiger partial charge in [-0.2, -0.15) is 0 Å². The van der Waals surface area contributed by atoms with Crippen molar-refractivity contribution in [2.75, 3.05) is 61.7 Å². The summed E-state index contributed by atoms with van der Waals surface area (Å²) in [6, 6.07) is 8.01. The van der Waals surface area contributed by atoms with Crippen LogP contribution in [0.25, 0.3) is 0 Å². The highest BCUT2D eigenvalue weighted by Gasteiger charge is 2.17. The molecular formula is C28H42N2O5. The standard InChI is InChI=1S/C18H30N2O3.C10H12O2/c1-5-20(2)11-6-9-19-10-7-15-13-17(22-3)18(23-4)14-16(15)8-12-21;1-11-9-5-7-3-4-8(7)6-10(9)12-2/h12-14,19H,5-11H2,1-4H3;5-6H,3-4H2,1-2H3. The quantitative estimate of drug-likeness (QED) is 0.322. The number of rotatable bonds is 14. The first-order chi connectivity index (χ1) is 17.0. The van der Waals surface area contributed by atoms with Gasteiger partial charge in [-0.25, -0.2) is 0 Å². The fraction of sp³-hybridized carbons (Fsp3) is 0.536. The molecule has 0 heterocycles. The Balaban J connectivity index is 0.000000298. The Morgan fingerprint density at radius 1 is 0.829 bits per heavy atom. The number of carbonyl (C=O) groups excluding carboxylic acids is 1. The average Bonchev–Trinajstić information content (AvgIpc) is 2.87. The van der Waals surface area contributed by atoms with Crippen molar-refractivity contribution in [2.24, 2.45) is 0 Å². The predicted octanol–water partition coefficient (Wildman–Crippen LogP) is 3.72. The SMILES string of the molecule is CCN(C)CCCNCCc1cc(OC)c(OC)cc1CC=O.COc1cc2c(cc1OC)CC2. The second-order valence-corrected chi connectivity index (χ2v) is 8.57. The fourth-order valence-corrected chi connectivity index (χ4v) is 3.98. The van der Waals surface area contributed by atoms with Gasteiger partial charge in [-0.1, -0.05) is 6.92 Å². The molecular weight excluding hydrogens is 444 g/mol. The van der Waals surface area contributed by atoms with Gasteiger partial charge in [0.25, 0.3) is 0 Å². The van der Waals surface area contributed by atoms with Crippen molar-refractivity contribution >= 4 is 6.29 Å². The molecule has 1 aliphatic rings. The number of methoxy groups -OCH3 is 4. The Hall–Kier alpha value is -2.77. The summed E-state index contributed by atoms with van der Waals surface area (Å²) in [5, 5.41) is 3.46. The Labute approximate surface area is 210 Å². The summed E-state index contributed by atoms with van der Waals surface area (Å²) in [5.41, 5.74) is 4.93. The zero-order valence-electron chi connectivity index (χ0n) is 22.2. The molecule has 0 radical (unpaired) electrons. The van der Waals surface area contributed by atoms with Crippen molar-refractivity contribution in [3.63, 3.8) is 0 Å². The van der Waals surface area contributed by atoms with Crippen LogP contribution in [0, 0.1) is 0 Å². The van der Waals surface area contributed by atoms with Crippen molar-refractivity contribution in [1.82, 2.24) is 10.2 Å². The lowest BCUT2D eigenvalue weighted by Gasteiger charge is -2.20. The van der Waals surface area contributed by atoms with Crippen LogP contribution < -0.4 is 24.3 Å². The lowest BCUT2D eigenvalue weighted by molar-refractivity contribution is -0.107. The third kappa shape index (κ3) is 8.44. The van der Waals surface area contributed by atoms with Gasteiger partial charge in [0.05, 0.1) is 28.4 Å². The highest BCUT2D eigenvalue weighted by molar-refractivity contribution is 5.59. The van der Waals surface area contributed by atoms with Crippen molar-refractivity contribution in [3.05, 3.63) is 46.5 Å². The summed E-state index contributed by atoms with van der Waals surface area (Å²) in [5.74, 6) is 3.07. The maximum absolute atomic E-state index is 10.9. The topological polar surface area (TPSA) is 69.3 Å². The van der Waals surface area contributed by atoms with Gasteiger partial charge in [0.2, 0.25) is 0 Å². The molecule has 0 fully saturated rings. The van der Waals surface area contributed by atoms with E-state index in [9.17, 15) is 4.79 Å². The van der Waals surface area contributed by atoms with E-state index in [1.165, 1.54) is 24.0 Å². The second kappa shape index (κ2) is 15.3. The van der Waals surface area contributed by atoms with Crippen molar-refractivity contribution in [1.29, 1.82) is 0 Å². The fourth-order valence-electron chi connectivity index (χ4n) is 3.98. The Morgan fingerprint density at radius 2 is 1.34 bits per heavy atom. The molecule has 1 aliphatic carbocycles. The summed E-state index contributed by atoms with van der Waals surface area (Å²) < 4.78 is 21.0. The van der Waals surface area contributed by atoms with Crippen LogP contribution >= 0.6 is 0 Å². The molecule has 2 aromatic carbocycles. The molecule has 0 saturated heterocycles. The van der Waals surface area contributed by atoms with Crippen LogP contribution in [0.15, 0.2) is 24.3 Å². The van der Waals surface area contributed by atoms with Crippen molar-refractivity contribution < 1.29 is 23.7 Å². The summed E-state index contributed by atoms with van der Waals surface area (Å²) in [6.07, 6.45) is 5.69. The van der Waals surface area contributed by atoms with Crippen LogP contribution in [0.2, 0.25) is 0 Å². The van der Waals surface area contributed by atoms with Gasteiger partial charge < -0.3 is 34.0 Å². The molecule has 7 nitrogen and oxygen atoms in total. The third-order valence-electron chi connectivity index (χ3n) is 6.38. The van der Waals surface area contributed by atoms with Crippen LogP contribution in [0.4, 0.5) is 0 Å². The van der Waals surface area contributed by atoms with E-state index >= 15 is 0 Å². The van der Waals surface area contributed by atoms with Gasteiger partial charge in [0.1, 0.15) is 6.29 Å². The zero-order chi connectivity index (χ0) is 25.6. The lowest BCUT2D eigenvalue weighted by atomic mass is 9.88. The smallest absolute Gasteiger partial charge is 0.161 e. The minimum absolute atomic E-state index is 0.400. The second-order valence-electron chi connectivity index (χ2n) is 8.57. The zero-order valence-corrected chi connectivity index (χ0v) is 22.2. The Kier molecular flexibility index (Phi) is 12.4. The summed E-state index contributed by atoms with van der Waals surface area (Å²) in [7, 11) is 8.71. The maximum atomic E-state index is 10.9. The van der Waals surface area contributed by atoms with Crippen LogP contribution in [0.1, 0.15) is 35.6 Å². The third-order valence-corrected chi connectivity index (χ3v) is 6.38. The summed E-state index contributed by atoms with van der Waals surface area (Å²) >= 11 is 0. The molecule has 0 bridgehead atoms. The molecule has 0 aliphatic heterocycles. The van der Waals surface area contributed by atoms with E-state index in [1.807, 2.05) is 12.1 Å².